The van der Waals surface area contributed by atoms with Gasteiger partial charge in [0.15, 0.2) is 0 Å². The normalized spacial score (nSPS) is 10.3. The van der Waals surface area contributed by atoms with Gasteiger partial charge in [0.1, 0.15) is 0 Å². The molecule has 0 aliphatic rings. The molecule has 0 saturated carbocycles. The van der Waals surface area contributed by atoms with E-state index in [1.807, 2.05) is 0 Å². The first kappa shape index (κ1) is 16.3. The van der Waals surface area contributed by atoms with E-state index < -0.39 is 5.91 Å². The number of hydrogen-bond acceptors (Lipinski definition) is 2. The van der Waals surface area contributed by atoms with Crippen LogP contribution in [0.2, 0.25) is 10.0 Å². The third-order valence-electron chi connectivity index (χ3n) is 3.10. The summed E-state index contributed by atoms with van der Waals surface area (Å²) in [4.78, 5) is 23.3. The lowest BCUT2D eigenvalue weighted by Crippen LogP contribution is -2.18. The second-order valence-electron chi connectivity index (χ2n) is 4.69. The molecule has 6 heteroatoms. The minimum Gasteiger partial charge on any atom is -0.366 e. The van der Waals surface area contributed by atoms with Gasteiger partial charge in [-0.25, -0.2) is 0 Å². The van der Waals surface area contributed by atoms with Crippen molar-refractivity contribution in [3.05, 3.63) is 63.6 Å². The van der Waals surface area contributed by atoms with Gasteiger partial charge < -0.3 is 11.1 Å². The molecule has 0 spiro atoms. The average Bonchev–Trinajstić information content (AvgIpc) is 2.46. The van der Waals surface area contributed by atoms with Crippen molar-refractivity contribution >= 4 is 40.7 Å². The van der Waals surface area contributed by atoms with Gasteiger partial charge in [-0.2, -0.15) is 0 Å². The van der Waals surface area contributed by atoms with E-state index in [9.17, 15) is 9.59 Å². The zero-order valence-electron chi connectivity index (χ0n) is 11.6. The Morgan fingerprint density at radius 3 is 2.50 bits per heavy atom. The van der Waals surface area contributed by atoms with Crippen molar-refractivity contribution in [1.29, 1.82) is 0 Å². The smallest absolute Gasteiger partial charge is 0.250 e. The highest BCUT2D eigenvalue weighted by Crippen LogP contribution is 2.22. The van der Waals surface area contributed by atoms with Crippen molar-refractivity contribution in [2.24, 2.45) is 5.73 Å². The van der Waals surface area contributed by atoms with E-state index in [1.54, 1.807) is 42.5 Å². The van der Waals surface area contributed by atoms with Gasteiger partial charge in [0.25, 0.3) is 5.91 Å². The largest absolute Gasteiger partial charge is 0.366 e. The molecule has 2 rings (SSSR count). The molecular formula is C16H14Cl2N2O2. The topological polar surface area (TPSA) is 72.2 Å². The Hall–Kier alpha value is -2.04. The number of anilines is 1. The van der Waals surface area contributed by atoms with Crippen LogP contribution in [0.25, 0.3) is 0 Å². The summed E-state index contributed by atoms with van der Waals surface area (Å²) >= 11 is 11.9. The third kappa shape index (κ3) is 4.23. The van der Waals surface area contributed by atoms with Gasteiger partial charge in [-0.15, -0.1) is 0 Å². The van der Waals surface area contributed by atoms with Crippen LogP contribution < -0.4 is 11.1 Å². The first-order valence-corrected chi connectivity index (χ1v) is 7.35. The van der Waals surface area contributed by atoms with Gasteiger partial charge in [-0.3, -0.25) is 9.59 Å². The number of nitrogens with one attached hydrogen (secondary N) is 1. The molecule has 0 aliphatic carbocycles. The Morgan fingerprint density at radius 1 is 1.09 bits per heavy atom. The SMILES string of the molecule is NC(=O)c1ccccc1NC(=O)CCc1ccc(Cl)cc1Cl. The maximum atomic E-state index is 12.0. The van der Waals surface area contributed by atoms with Crippen molar-refractivity contribution in [2.75, 3.05) is 5.32 Å². The molecular weight excluding hydrogens is 323 g/mol. The van der Waals surface area contributed by atoms with E-state index in [2.05, 4.69) is 5.32 Å². The lowest BCUT2D eigenvalue weighted by atomic mass is 10.1. The summed E-state index contributed by atoms with van der Waals surface area (Å²) in [5, 5.41) is 3.76. The highest BCUT2D eigenvalue weighted by atomic mass is 35.5. The highest BCUT2D eigenvalue weighted by molar-refractivity contribution is 6.35. The standard InChI is InChI=1S/C16H14Cl2N2O2/c17-11-7-5-10(13(18)9-11)6-8-15(21)20-14-4-2-1-3-12(14)16(19)22/h1-5,7,9H,6,8H2,(H2,19,22)(H,20,21). The first-order valence-electron chi connectivity index (χ1n) is 6.60. The van der Waals surface area contributed by atoms with Crippen LogP contribution in [0.4, 0.5) is 5.69 Å². The molecule has 0 radical (unpaired) electrons. The summed E-state index contributed by atoms with van der Waals surface area (Å²) in [5.41, 5.74) is 6.79. The quantitative estimate of drug-likeness (QED) is 0.874. The predicted molar refractivity (Wildman–Crippen MR) is 88.4 cm³/mol. The molecule has 0 heterocycles. The molecule has 0 atom stereocenters. The molecule has 0 fully saturated rings. The van der Waals surface area contributed by atoms with E-state index in [0.717, 1.165) is 5.56 Å². The summed E-state index contributed by atoms with van der Waals surface area (Å²) in [6.45, 7) is 0. The number of nitrogens with two attached hydrogens (primary N) is 1. The second-order valence-corrected chi connectivity index (χ2v) is 5.54. The fourth-order valence-corrected chi connectivity index (χ4v) is 2.50. The van der Waals surface area contributed by atoms with Crippen LogP contribution in [0.3, 0.4) is 0 Å². The molecule has 0 bridgehead atoms. The van der Waals surface area contributed by atoms with Gasteiger partial charge in [0.05, 0.1) is 11.3 Å². The number of carbonyl (C=O) groups is 2. The first-order chi connectivity index (χ1) is 10.5. The maximum absolute atomic E-state index is 12.0. The molecule has 0 saturated heterocycles. The Kier molecular flexibility index (Phi) is 5.41. The monoisotopic (exact) mass is 336 g/mol. The number of benzene rings is 2. The number of amides is 2. The maximum Gasteiger partial charge on any atom is 0.250 e. The van der Waals surface area contributed by atoms with Crippen LogP contribution in [0.15, 0.2) is 42.5 Å². The van der Waals surface area contributed by atoms with Crippen LogP contribution in [-0.4, -0.2) is 11.8 Å². The Labute approximate surface area is 138 Å². The molecule has 2 aromatic rings. The number of primary amides is 1. The van der Waals surface area contributed by atoms with Crippen molar-refractivity contribution < 1.29 is 9.59 Å². The molecule has 0 aliphatic heterocycles. The minimum absolute atomic E-state index is 0.222. The van der Waals surface area contributed by atoms with Crippen LogP contribution >= 0.6 is 23.2 Å². The van der Waals surface area contributed by atoms with E-state index >= 15 is 0 Å². The number of hydrogen-bond donors (Lipinski definition) is 2. The van der Waals surface area contributed by atoms with Gasteiger partial charge in [-0.1, -0.05) is 41.4 Å². The summed E-state index contributed by atoms with van der Waals surface area (Å²) in [5.74, 6) is -0.809. The summed E-state index contributed by atoms with van der Waals surface area (Å²) in [7, 11) is 0. The van der Waals surface area contributed by atoms with Crippen LogP contribution in [-0.2, 0) is 11.2 Å². The third-order valence-corrected chi connectivity index (χ3v) is 3.69. The van der Waals surface area contributed by atoms with E-state index in [-0.39, 0.29) is 17.9 Å². The summed E-state index contributed by atoms with van der Waals surface area (Å²) < 4.78 is 0. The van der Waals surface area contributed by atoms with Gasteiger partial charge in [-0.05, 0) is 36.2 Å². The molecule has 22 heavy (non-hydrogen) atoms. The van der Waals surface area contributed by atoms with Gasteiger partial charge in [0.2, 0.25) is 5.91 Å². The number of halogens is 2. The lowest BCUT2D eigenvalue weighted by Gasteiger charge is -2.09. The van der Waals surface area contributed by atoms with E-state index in [0.29, 0.717) is 22.2 Å². The second kappa shape index (κ2) is 7.29. The van der Waals surface area contributed by atoms with Gasteiger partial charge >= 0.3 is 0 Å². The molecule has 2 amide bonds. The Balaban J connectivity index is 2.00. The minimum atomic E-state index is -0.586. The zero-order valence-corrected chi connectivity index (χ0v) is 13.1. The molecule has 0 aromatic heterocycles. The zero-order chi connectivity index (χ0) is 16.1. The molecule has 2 aromatic carbocycles. The molecule has 0 unspecified atom stereocenters. The van der Waals surface area contributed by atoms with Crippen molar-refractivity contribution in [2.45, 2.75) is 12.8 Å². The summed E-state index contributed by atoms with van der Waals surface area (Å²) in [6, 6.07) is 11.7. The van der Waals surface area contributed by atoms with E-state index in [4.69, 9.17) is 28.9 Å². The van der Waals surface area contributed by atoms with Crippen LogP contribution in [0, 0.1) is 0 Å². The average molecular weight is 337 g/mol. The molecule has 114 valence electrons. The van der Waals surface area contributed by atoms with Gasteiger partial charge in [0, 0.05) is 16.5 Å². The number of para-hydroxylation sites is 1. The Bertz CT molecular complexity index is 717. The predicted octanol–water partition coefficient (Wildman–Crippen LogP) is 3.66. The number of aryl methyl sites for hydroxylation is 1. The molecule has 4 nitrogen and oxygen atoms in total. The van der Waals surface area contributed by atoms with E-state index in [1.165, 1.54) is 0 Å². The summed E-state index contributed by atoms with van der Waals surface area (Å²) in [6.07, 6.45) is 0.703. The molecule has 3 N–H and O–H groups in total. The Morgan fingerprint density at radius 2 is 1.82 bits per heavy atom. The number of rotatable bonds is 5. The fraction of sp³-hybridized carbons (Fsp3) is 0.125. The van der Waals surface area contributed by atoms with Crippen molar-refractivity contribution in [3.8, 4) is 0 Å². The van der Waals surface area contributed by atoms with Crippen LogP contribution in [0.5, 0.6) is 0 Å². The fourth-order valence-electron chi connectivity index (χ4n) is 1.99. The van der Waals surface area contributed by atoms with Crippen molar-refractivity contribution in [3.63, 3.8) is 0 Å². The lowest BCUT2D eigenvalue weighted by molar-refractivity contribution is -0.116. The van der Waals surface area contributed by atoms with Crippen LogP contribution in [0.1, 0.15) is 22.3 Å². The number of carbonyl (C=O) groups excluding carboxylic acids is 2. The van der Waals surface area contributed by atoms with Crippen molar-refractivity contribution in [1.82, 2.24) is 0 Å². The highest BCUT2D eigenvalue weighted by Gasteiger charge is 2.11.